The van der Waals surface area contributed by atoms with Crippen molar-refractivity contribution in [3.8, 4) is 0 Å². The van der Waals surface area contributed by atoms with Crippen LogP contribution in [0.3, 0.4) is 0 Å². The van der Waals surface area contributed by atoms with E-state index in [2.05, 4.69) is 18.7 Å². The summed E-state index contributed by atoms with van der Waals surface area (Å²) in [6, 6.07) is 0.981. The molecular weight excluding hydrogens is 176 g/mol. The van der Waals surface area contributed by atoms with Crippen LogP contribution in [0.4, 0.5) is 0 Å². The molecular formula is C11H24N2O. The molecule has 0 amide bonds. The van der Waals surface area contributed by atoms with Gasteiger partial charge in [0.15, 0.2) is 0 Å². The number of rotatable bonds is 4. The zero-order chi connectivity index (χ0) is 10.6. The van der Waals surface area contributed by atoms with Crippen LogP contribution < -0.4 is 5.73 Å². The molecule has 3 heteroatoms. The Morgan fingerprint density at radius 1 is 1.36 bits per heavy atom. The lowest BCUT2D eigenvalue weighted by molar-refractivity contribution is 0.0491. The van der Waals surface area contributed by atoms with Crippen molar-refractivity contribution >= 4 is 0 Å². The smallest absolute Gasteiger partial charge is 0.0620 e. The maximum Gasteiger partial charge on any atom is 0.0620 e. The van der Waals surface area contributed by atoms with Crippen LogP contribution >= 0.6 is 0 Å². The molecule has 1 unspecified atom stereocenters. The molecule has 1 aliphatic rings. The third kappa shape index (κ3) is 3.23. The fourth-order valence-corrected chi connectivity index (χ4v) is 2.14. The lowest BCUT2D eigenvalue weighted by Gasteiger charge is -2.38. The summed E-state index contributed by atoms with van der Waals surface area (Å²) in [7, 11) is 1.78. The van der Waals surface area contributed by atoms with Gasteiger partial charge in [-0.05, 0) is 18.8 Å². The van der Waals surface area contributed by atoms with Crippen molar-refractivity contribution < 1.29 is 4.74 Å². The van der Waals surface area contributed by atoms with Gasteiger partial charge in [0.05, 0.1) is 6.61 Å². The van der Waals surface area contributed by atoms with E-state index in [0.717, 1.165) is 32.5 Å². The number of methoxy groups -OCH3 is 1. The SMILES string of the molecule is COCC(C(C)C)N1CCC(N)CC1. The maximum atomic E-state index is 5.89. The first kappa shape index (κ1) is 12.0. The molecule has 0 aromatic carbocycles. The first-order valence-corrected chi connectivity index (χ1v) is 5.63. The summed E-state index contributed by atoms with van der Waals surface area (Å²) in [6.07, 6.45) is 2.26. The molecule has 0 aromatic heterocycles. The van der Waals surface area contributed by atoms with E-state index in [0.29, 0.717) is 18.0 Å². The fraction of sp³-hybridized carbons (Fsp3) is 1.00. The van der Waals surface area contributed by atoms with E-state index in [4.69, 9.17) is 10.5 Å². The Kier molecular flexibility index (Phi) is 4.85. The molecule has 1 saturated heterocycles. The predicted molar refractivity (Wildman–Crippen MR) is 59.3 cm³/mol. The number of hydrogen-bond donors (Lipinski definition) is 1. The standard InChI is InChI=1S/C11H24N2O/c1-9(2)11(8-14-3)13-6-4-10(12)5-7-13/h9-11H,4-8,12H2,1-3H3. The molecule has 14 heavy (non-hydrogen) atoms. The molecule has 1 atom stereocenters. The van der Waals surface area contributed by atoms with Crippen LogP contribution in [0.15, 0.2) is 0 Å². The van der Waals surface area contributed by atoms with E-state index in [1.165, 1.54) is 0 Å². The first-order valence-electron chi connectivity index (χ1n) is 5.63. The van der Waals surface area contributed by atoms with Gasteiger partial charge in [-0.3, -0.25) is 4.90 Å². The molecule has 84 valence electrons. The van der Waals surface area contributed by atoms with E-state index >= 15 is 0 Å². The van der Waals surface area contributed by atoms with Gasteiger partial charge in [-0.2, -0.15) is 0 Å². The van der Waals surface area contributed by atoms with Crippen molar-refractivity contribution in [3.05, 3.63) is 0 Å². The summed E-state index contributed by atoms with van der Waals surface area (Å²) < 4.78 is 5.27. The summed E-state index contributed by atoms with van der Waals surface area (Å²) in [5, 5.41) is 0. The number of hydrogen-bond acceptors (Lipinski definition) is 3. The monoisotopic (exact) mass is 200 g/mol. The first-order chi connectivity index (χ1) is 6.65. The molecule has 1 aliphatic heterocycles. The van der Waals surface area contributed by atoms with Crippen LogP contribution in [0.25, 0.3) is 0 Å². The lowest BCUT2D eigenvalue weighted by atomic mass is 9.98. The molecule has 0 aliphatic carbocycles. The van der Waals surface area contributed by atoms with E-state index in [1.54, 1.807) is 7.11 Å². The van der Waals surface area contributed by atoms with Gasteiger partial charge < -0.3 is 10.5 Å². The quantitative estimate of drug-likeness (QED) is 0.738. The molecule has 1 fully saturated rings. The molecule has 2 N–H and O–H groups in total. The maximum absolute atomic E-state index is 5.89. The zero-order valence-corrected chi connectivity index (χ0v) is 9.70. The van der Waals surface area contributed by atoms with Crippen LogP contribution in [0, 0.1) is 5.92 Å². The summed E-state index contributed by atoms with van der Waals surface area (Å²) >= 11 is 0. The highest BCUT2D eigenvalue weighted by molar-refractivity contribution is 4.81. The minimum atomic E-state index is 0.418. The van der Waals surface area contributed by atoms with E-state index < -0.39 is 0 Å². The van der Waals surface area contributed by atoms with Crippen LogP contribution in [-0.2, 0) is 4.74 Å². The average molecular weight is 200 g/mol. The highest BCUT2D eigenvalue weighted by Crippen LogP contribution is 2.17. The Morgan fingerprint density at radius 3 is 2.36 bits per heavy atom. The highest BCUT2D eigenvalue weighted by Gasteiger charge is 2.25. The van der Waals surface area contributed by atoms with E-state index in [1.807, 2.05) is 0 Å². The highest BCUT2D eigenvalue weighted by atomic mass is 16.5. The summed E-state index contributed by atoms with van der Waals surface area (Å²) in [5.74, 6) is 0.657. The Hall–Kier alpha value is -0.120. The zero-order valence-electron chi connectivity index (χ0n) is 9.70. The van der Waals surface area contributed by atoms with Gasteiger partial charge in [0.25, 0.3) is 0 Å². The van der Waals surface area contributed by atoms with Crippen molar-refractivity contribution in [3.63, 3.8) is 0 Å². The van der Waals surface area contributed by atoms with Crippen LogP contribution in [0.5, 0.6) is 0 Å². The van der Waals surface area contributed by atoms with Gasteiger partial charge in [-0.1, -0.05) is 13.8 Å². The Bertz CT molecular complexity index is 153. The molecule has 1 heterocycles. The molecule has 0 aromatic rings. The number of ether oxygens (including phenoxy) is 1. The second-order valence-corrected chi connectivity index (χ2v) is 4.64. The van der Waals surface area contributed by atoms with Crippen LogP contribution in [0.2, 0.25) is 0 Å². The van der Waals surface area contributed by atoms with Crippen molar-refractivity contribution in [1.82, 2.24) is 4.90 Å². The number of nitrogens with zero attached hydrogens (tertiary/aromatic N) is 1. The molecule has 1 rings (SSSR count). The van der Waals surface area contributed by atoms with Gasteiger partial charge in [0.1, 0.15) is 0 Å². The Balaban J connectivity index is 2.43. The molecule has 0 saturated carbocycles. The van der Waals surface area contributed by atoms with E-state index in [9.17, 15) is 0 Å². The minimum Gasteiger partial charge on any atom is -0.383 e. The average Bonchev–Trinajstić information content (AvgIpc) is 2.15. The molecule has 0 radical (unpaired) electrons. The number of nitrogens with two attached hydrogens (primary N) is 1. The van der Waals surface area contributed by atoms with Crippen molar-refractivity contribution in [2.75, 3.05) is 26.8 Å². The number of likely N-dealkylation sites (tertiary alicyclic amines) is 1. The van der Waals surface area contributed by atoms with Gasteiger partial charge in [0.2, 0.25) is 0 Å². The molecule has 0 spiro atoms. The summed E-state index contributed by atoms with van der Waals surface area (Å²) in [6.45, 7) is 7.63. The Labute approximate surface area is 87.6 Å². The topological polar surface area (TPSA) is 38.5 Å². The van der Waals surface area contributed by atoms with Crippen molar-refractivity contribution in [2.45, 2.75) is 38.8 Å². The summed E-state index contributed by atoms with van der Waals surface area (Å²) in [4.78, 5) is 2.53. The molecule has 0 bridgehead atoms. The largest absolute Gasteiger partial charge is 0.383 e. The van der Waals surface area contributed by atoms with Crippen molar-refractivity contribution in [1.29, 1.82) is 0 Å². The minimum absolute atomic E-state index is 0.418. The Morgan fingerprint density at radius 2 is 1.93 bits per heavy atom. The van der Waals surface area contributed by atoms with Crippen LogP contribution in [0.1, 0.15) is 26.7 Å². The van der Waals surface area contributed by atoms with Gasteiger partial charge in [-0.25, -0.2) is 0 Å². The molecule has 3 nitrogen and oxygen atoms in total. The van der Waals surface area contributed by atoms with E-state index in [-0.39, 0.29) is 0 Å². The van der Waals surface area contributed by atoms with Crippen molar-refractivity contribution in [2.24, 2.45) is 11.7 Å². The lowest BCUT2D eigenvalue weighted by Crippen LogP contribution is -2.48. The van der Waals surface area contributed by atoms with Gasteiger partial charge in [0, 0.05) is 32.3 Å². The van der Waals surface area contributed by atoms with Gasteiger partial charge in [-0.15, -0.1) is 0 Å². The normalized spacial score (nSPS) is 22.9. The van der Waals surface area contributed by atoms with Crippen LogP contribution in [-0.4, -0.2) is 43.8 Å². The predicted octanol–water partition coefficient (Wildman–Crippen LogP) is 1.08. The third-order valence-corrected chi connectivity index (χ3v) is 3.15. The third-order valence-electron chi connectivity index (χ3n) is 3.15. The summed E-state index contributed by atoms with van der Waals surface area (Å²) in [5.41, 5.74) is 5.89. The van der Waals surface area contributed by atoms with Gasteiger partial charge >= 0.3 is 0 Å². The second-order valence-electron chi connectivity index (χ2n) is 4.64. The second kappa shape index (κ2) is 5.69. The number of piperidine rings is 1. The fourth-order valence-electron chi connectivity index (χ4n) is 2.14.